The molecule has 2 aromatic rings. The fourth-order valence-corrected chi connectivity index (χ4v) is 4.12. The number of piperidine rings is 1. The molecule has 4 heteroatoms. The molecule has 3 heterocycles. The van der Waals surface area contributed by atoms with Gasteiger partial charge in [-0.15, -0.1) is 0 Å². The Morgan fingerprint density at radius 2 is 2.09 bits per heavy atom. The highest BCUT2D eigenvalue weighted by Crippen LogP contribution is 2.23. The Morgan fingerprint density at radius 1 is 1.17 bits per heavy atom. The lowest BCUT2D eigenvalue weighted by Crippen LogP contribution is -2.56. The molecule has 0 unspecified atom stereocenters. The molecule has 0 saturated carbocycles. The van der Waals surface area contributed by atoms with Gasteiger partial charge in [0.2, 0.25) is 5.91 Å². The van der Waals surface area contributed by atoms with Crippen LogP contribution in [-0.4, -0.2) is 52.9 Å². The first-order valence-corrected chi connectivity index (χ1v) is 8.88. The van der Waals surface area contributed by atoms with Crippen LogP contribution < -0.4 is 0 Å². The van der Waals surface area contributed by atoms with Gasteiger partial charge in [-0.05, 0) is 37.4 Å². The van der Waals surface area contributed by atoms with Crippen molar-refractivity contribution in [2.75, 3.05) is 26.2 Å². The molecule has 122 valence electrons. The van der Waals surface area contributed by atoms with E-state index in [4.69, 9.17) is 0 Å². The molecule has 2 fully saturated rings. The van der Waals surface area contributed by atoms with E-state index >= 15 is 0 Å². The van der Waals surface area contributed by atoms with Crippen molar-refractivity contribution in [1.82, 2.24) is 14.8 Å². The molecule has 2 aliphatic heterocycles. The fourth-order valence-electron chi connectivity index (χ4n) is 4.12. The number of rotatable bonds is 3. The molecular weight excluding hydrogens is 286 g/mol. The van der Waals surface area contributed by atoms with E-state index in [2.05, 4.69) is 39.2 Å². The first kappa shape index (κ1) is 14.8. The predicted molar refractivity (Wildman–Crippen MR) is 92.4 cm³/mol. The summed E-state index contributed by atoms with van der Waals surface area (Å²) in [4.78, 5) is 20.6. The summed E-state index contributed by atoms with van der Waals surface area (Å²) in [5.41, 5.74) is 2.41. The maximum Gasteiger partial charge on any atom is 0.222 e. The summed E-state index contributed by atoms with van der Waals surface area (Å²) in [5.74, 6) is 0.320. The third-order valence-corrected chi connectivity index (χ3v) is 5.47. The van der Waals surface area contributed by atoms with Gasteiger partial charge in [0.25, 0.3) is 0 Å². The summed E-state index contributed by atoms with van der Waals surface area (Å²) in [5, 5.41) is 1.25. The second-order valence-corrected chi connectivity index (χ2v) is 6.88. The predicted octanol–water partition coefficient (Wildman–Crippen LogP) is 2.80. The van der Waals surface area contributed by atoms with Gasteiger partial charge in [-0.25, -0.2) is 0 Å². The van der Waals surface area contributed by atoms with Crippen LogP contribution in [0, 0.1) is 0 Å². The summed E-state index contributed by atoms with van der Waals surface area (Å²) >= 11 is 0. The normalized spacial score (nSPS) is 22.3. The average Bonchev–Trinajstić information content (AvgIpc) is 3.02. The van der Waals surface area contributed by atoms with Crippen LogP contribution in [0.3, 0.4) is 0 Å². The van der Waals surface area contributed by atoms with Gasteiger partial charge in [-0.2, -0.15) is 0 Å². The van der Waals surface area contributed by atoms with Crippen LogP contribution in [0.25, 0.3) is 10.9 Å². The number of benzene rings is 1. The highest BCUT2D eigenvalue weighted by Gasteiger charge is 2.30. The number of carbonyl (C=O) groups is 1. The summed E-state index contributed by atoms with van der Waals surface area (Å²) in [6, 6.07) is 8.92. The number of aryl methyl sites for hydroxylation is 1. The number of H-pyrrole nitrogens is 1. The van der Waals surface area contributed by atoms with E-state index in [0.717, 1.165) is 31.6 Å². The van der Waals surface area contributed by atoms with Crippen LogP contribution in [0.5, 0.6) is 0 Å². The van der Waals surface area contributed by atoms with E-state index in [-0.39, 0.29) is 0 Å². The zero-order chi connectivity index (χ0) is 15.6. The van der Waals surface area contributed by atoms with E-state index in [9.17, 15) is 4.79 Å². The van der Waals surface area contributed by atoms with Crippen molar-refractivity contribution in [3.05, 3.63) is 36.0 Å². The Morgan fingerprint density at radius 3 is 3.04 bits per heavy atom. The van der Waals surface area contributed by atoms with Crippen LogP contribution in [0.2, 0.25) is 0 Å². The third kappa shape index (κ3) is 3.00. The van der Waals surface area contributed by atoms with Gasteiger partial charge in [0.15, 0.2) is 0 Å². The minimum absolute atomic E-state index is 0.320. The quantitative estimate of drug-likeness (QED) is 0.947. The van der Waals surface area contributed by atoms with Crippen LogP contribution >= 0.6 is 0 Å². The van der Waals surface area contributed by atoms with Crippen LogP contribution in [0.4, 0.5) is 0 Å². The van der Waals surface area contributed by atoms with Crippen molar-refractivity contribution in [2.45, 2.75) is 38.1 Å². The van der Waals surface area contributed by atoms with Crippen molar-refractivity contribution in [1.29, 1.82) is 0 Å². The second kappa shape index (κ2) is 6.36. The maximum absolute atomic E-state index is 12.6. The van der Waals surface area contributed by atoms with E-state index < -0.39 is 0 Å². The van der Waals surface area contributed by atoms with E-state index in [1.807, 2.05) is 6.07 Å². The lowest BCUT2D eigenvalue weighted by Gasteiger charge is -2.44. The number of amides is 1. The molecule has 2 saturated heterocycles. The molecule has 0 radical (unpaired) electrons. The number of nitrogens with zero attached hydrogens (tertiary/aromatic N) is 2. The van der Waals surface area contributed by atoms with Crippen molar-refractivity contribution in [2.24, 2.45) is 0 Å². The van der Waals surface area contributed by atoms with Gasteiger partial charge in [-0.3, -0.25) is 9.69 Å². The number of para-hydroxylation sites is 1. The van der Waals surface area contributed by atoms with Gasteiger partial charge in [0, 0.05) is 49.2 Å². The van der Waals surface area contributed by atoms with Crippen LogP contribution in [0.15, 0.2) is 30.5 Å². The molecule has 1 atom stereocenters. The zero-order valence-electron chi connectivity index (χ0n) is 13.6. The monoisotopic (exact) mass is 311 g/mol. The van der Waals surface area contributed by atoms with Gasteiger partial charge >= 0.3 is 0 Å². The number of carbonyl (C=O) groups excluding carboxylic acids is 1. The van der Waals surface area contributed by atoms with Crippen molar-refractivity contribution in [3.8, 4) is 0 Å². The van der Waals surface area contributed by atoms with Crippen molar-refractivity contribution in [3.63, 3.8) is 0 Å². The van der Waals surface area contributed by atoms with Crippen LogP contribution in [0.1, 0.15) is 31.2 Å². The van der Waals surface area contributed by atoms with E-state index in [1.165, 1.54) is 36.8 Å². The van der Waals surface area contributed by atoms with Gasteiger partial charge in [-0.1, -0.05) is 24.6 Å². The first-order chi connectivity index (χ1) is 11.3. The molecule has 1 amide bonds. The minimum Gasteiger partial charge on any atom is -0.361 e. The highest BCUT2D eigenvalue weighted by atomic mass is 16.2. The van der Waals surface area contributed by atoms with E-state index in [0.29, 0.717) is 18.4 Å². The zero-order valence-corrected chi connectivity index (χ0v) is 13.6. The molecule has 23 heavy (non-hydrogen) atoms. The Labute approximate surface area is 137 Å². The lowest BCUT2D eigenvalue weighted by molar-refractivity contribution is -0.134. The largest absolute Gasteiger partial charge is 0.361 e. The van der Waals surface area contributed by atoms with Crippen molar-refractivity contribution >= 4 is 16.8 Å². The molecule has 0 bridgehead atoms. The van der Waals surface area contributed by atoms with Gasteiger partial charge in [0.1, 0.15) is 0 Å². The Bertz CT molecular complexity index is 693. The summed E-state index contributed by atoms with van der Waals surface area (Å²) in [6.45, 7) is 4.13. The molecule has 1 aromatic heterocycles. The SMILES string of the molecule is O=C(CCc1c[nH]c2ccccc12)N1CCN2CCCC[C@H]2C1. The molecule has 4 nitrogen and oxygen atoms in total. The molecule has 1 N–H and O–H groups in total. The molecule has 1 aromatic carbocycles. The summed E-state index contributed by atoms with van der Waals surface area (Å²) < 4.78 is 0. The molecule has 4 rings (SSSR count). The number of piperazine rings is 1. The molecule has 0 aliphatic carbocycles. The summed E-state index contributed by atoms with van der Waals surface area (Å²) in [6.07, 6.45) is 7.40. The Kier molecular flexibility index (Phi) is 4.08. The number of hydrogen-bond acceptors (Lipinski definition) is 2. The van der Waals surface area contributed by atoms with Gasteiger partial charge in [0.05, 0.1) is 0 Å². The summed E-state index contributed by atoms with van der Waals surface area (Å²) in [7, 11) is 0. The average molecular weight is 311 g/mol. The minimum atomic E-state index is 0.320. The molecular formula is C19H25N3O. The van der Waals surface area contributed by atoms with E-state index in [1.54, 1.807) is 0 Å². The number of fused-ring (bicyclic) bond motifs is 2. The van der Waals surface area contributed by atoms with Crippen LogP contribution in [-0.2, 0) is 11.2 Å². The number of nitrogens with one attached hydrogen (secondary N) is 1. The number of aromatic amines is 1. The highest BCUT2D eigenvalue weighted by molar-refractivity contribution is 5.84. The smallest absolute Gasteiger partial charge is 0.222 e. The molecule has 2 aliphatic rings. The third-order valence-electron chi connectivity index (χ3n) is 5.47. The standard InChI is InChI=1S/C19H25N3O/c23-19(22-12-11-21-10-4-3-5-16(21)14-22)9-8-15-13-20-18-7-2-1-6-17(15)18/h1-2,6-7,13,16,20H,3-5,8-12,14H2/t16-/m0/s1. The molecule has 0 spiro atoms. The van der Waals surface area contributed by atoms with Crippen molar-refractivity contribution < 1.29 is 4.79 Å². The number of hydrogen-bond donors (Lipinski definition) is 1. The second-order valence-electron chi connectivity index (χ2n) is 6.88. The Hall–Kier alpha value is -1.81. The fraction of sp³-hybridized carbons (Fsp3) is 0.526. The first-order valence-electron chi connectivity index (χ1n) is 8.88. The lowest BCUT2D eigenvalue weighted by atomic mass is 9.99. The number of aromatic nitrogens is 1. The topological polar surface area (TPSA) is 39.3 Å². The Balaban J connectivity index is 1.36. The maximum atomic E-state index is 12.6. The van der Waals surface area contributed by atoms with Gasteiger partial charge < -0.3 is 9.88 Å².